The van der Waals surface area contributed by atoms with E-state index in [-0.39, 0.29) is 18.6 Å². The molecule has 1 amide bonds. The maximum Gasteiger partial charge on any atom is 0.258 e. The molecule has 0 aliphatic rings. The van der Waals surface area contributed by atoms with E-state index in [0.717, 1.165) is 23.3 Å². The minimum Gasteiger partial charge on any atom is -0.483 e. The number of benzene rings is 1. The molecule has 0 spiro atoms. The molecule has 1 aromatic carbocycles. The Hall–Kier alpha value is -1.81. The Balaban J connectivity index is 2.70. The van der Waals surface area contributed by atoms with Crippen molar-refractivity contribution in [2.75, 3.05) is 13.2 Å². The van der Waals surface area contributed by atoms with Crippen LogP contribution >= 0.6 is 0 Å². The van der Waals surface area contributed by atoms with E-state index in [4.69, 9.17) is 10.5 Å². The number of amides is 1. The molecular weight excluding hydrogens is 240 g/mol. The summed E-state index contributed by atoms with van der Waals surface area (Å²) in [6.45, 7) is 7.90. The van der Waals surface area contributed by atoms with Crippen LogP contribution < -0.4 is 15.8 Å². The van der Waals surface area contributed by atoms with Gasteiger partial charge in [-0.25, -0.2) is 0 Å². The molecule has 0 saturated carbocycles. The zero-order valence-electron chi connectivity index (χ0n) is 11.6. The number of aryl methyl sites for hydroxylation is 1. The smallest absolute Gasteiger partial charge is 0.258 e. The van der Waals surface area contributed by atoms with E-state index in [1.807, 2.05) is 32.0 Å². The van der Waals surface area contributed by atoms with Gasteiger partial charge >= 0.3 is 0 Å². The average Bonchev–Trinajstić information content (AvgIpc) is 2.35. The molecule has 1 atom stereocenters. The maximum absolute atomic E-state index is 11.5. The van der Waals surface area contributed by atoms with Crippen LogP contribution in [0.25, 0.3) is 0 Å². The summed E-state index contributed by atoms with van der Waals surface area (Å²) in [5.41, 5.74) is 7.86. The lowest BCUT2D eigenvalue weighted by Gasteiger charge is -2.15. The Bertz CT molecular complexity index is 442. The monoisotopic (exact) mass is 262 g/mol. The molecule has 0 saturated heterocycles. The van der Waals surface area contributed by atoms with Gasteiger partial charge in [-0.05, 0) is 31.4 Å². The van der Waals surface area contributed by atoms with Gasteiger partial charge in [0.2, 0.25) is 0 Å². The molecule has 19 heavy (non-hydrogen) atoms. The van der Waals surface area contributed by atoms with Gasteiger partial charge in [-0.3, -0.25) is 4.79 Å². The Kier molecular flexibility index (Phi) is 6.09. The molecule has 104 valence electrons. The average molecular weight is 262 g/mol. The first kappa shape index (κ1) is 15.2. The van der Waals surface area contributed by atoms with E-state index in [9.17, 15) is 4.79 Å². The Morgan fingerprint density at radius 3 is 2.95 bits per heavy atom. The fourth-order valence-corrected chi connectivity index (χ4v) is 1.80. The standard InChI is InChI=1S/C15H22N2O2/c1-4-8-17-14(18)10-19-15-11(2)6-5-7-13(15)9-12(3)16/h4-7,12H,1,8-10,16H2,2-3H3,(H,17,18). The van der Waals surface area contributed by atoms with Crippen LogP contribution in [0, 0.1) is 6.92 Å². The summed E-state index contributed by atoms with van der Waals surface area (Å²) in [5, 5.41) is 2.68. The molecule has 0 aromatic heterocycles. The molecule has 0 aliphatic carbocycles. The number of nitrogens with two attached hydrogens (primary N) is 1. The molecule has 3 N–H and O–H groups in total. The number of hydrogen-bond donors (Lipinski definition) is 2. The van der Waals surface area contributed by atoms with Gasteiger partial charge in [-0.1, -0.05) is 24.3 Å². The third kappa shape index (κ3) is 5.14. The van der Waals surface area contributed by atoms with Crippen LogP contribution in [0.5, 0.6) is 5.75 Å². The number of rotatable bonds is 7. The van der Waals surface area contributed by atoms with Crippen molar-refractivity contribution in [3.63, 3.8) is 0 Å². The molecule has 0 radical (unpaired) electrons. The predicted molar refractivity (Wildman–Crippen MR) is 77.2 cm³/mol. The van der Waals surface area contributed by atoms with Crippen molar-refractivity contribution in [3.8, 4) is 5.75 Å². The van der Waals surface area contributed by atoms with Crippen LogP contribution in [0.2, 0.25) is 0 Å². The maximum atomic E-state index is 11.5. The zero-order chi connectivity index (χ0) is 14.3. The van der Waals surface area contributed by atoms with Gasteiger partial charge in [-0.15, -0.1) is 6.58 Å². The van der Waals surface area contributed by atoms with Gasteiger partial charge < -0.3 is 15.8 Å². The van der Waals surface area contributed by atoms with Crippen molar-refractivity contribution in [3.05, 3.63) is 42.0 Å². The summed E-state index contributed by atoms with van der Waals surface area (Å²) in [5.74, 6) is 0.600. The molecule has 4 heteroatoms. The molecule has 0 bridgehead atoms. The van der Waals surface area contributed by atoms with Crippen LogP contribution in [-0.4, -0.2) is 25.1 Å². The fraction of sp³-hybridized carbons (Fsp3) is 0.400. The van der Waals surface area contributed by atoms with Gasteiger partial charge in [0.1, 0.15) is 5.75 Å². The van der Waals surface area contributed by atoms with Gasteiger partial charge in [0.05, 0.1) is 0 Å². The lowest BCUT2D eigenvalue weighted by Crippen LogP contribution is -2.29. The van der Waals surface area contributed by atoms with E-state index >= 15 is 0 Å². The number of nitrogens with one attached hydrogen (secondary N) is 1. The lowest BCUT2D eigenvalue weighted by atomic mass is 10.0. The summed E-state index contributed by atoms with van der Waals surface area (Å²) in [4.78, 5) is 11.5. The lowest BCUT2D eigenvalue weighted by molar-refractivity contribution is -0.122. The van der Waals surface area contributed by atoms with Crippen LogP contribution in [0.3, 0.4) is 0 Å². The van der Waals surface area contributed by atoms with E-state index in [0.29, 0.717) is 6.54 Å². The fourth-order valence-electron chi connectivity index (χ4n) is 1.80. The van der Waals surface area contributed by atoms with Crippen molar-refractivity contribution in [2.24, 2.45) is 5.73 Å². The molecule has 1 unspecified atom stereocenters. The highest BCUT2D eigenvalue weighted by atomic mass is 16.5. The predicted octanol–water partition coefficient (Wildman–Crippen LogP) is 1.57. The molecule has 0 heterocycles. The van der Waals surface area contributed by atoms with Gasteiger partial charge in [0.25, 0.3) is 5.91 Å². The summed E-state index contributed by atoms with van der Waals surface area (Å²) in [7, 11) is 0. The van der Waals surface area contributed by atoms with Crippen LogP contribution in [0.15, 0.2) is 30.9 Å². The molecule has 0 fully saturated rings. The number of hydrogen-bond acceptors (Lipinski definition) is 3. The first-order chi connectivity index (χ1) is 9.04. The summed E-state index contributed by atoms with van der Waals surface area (Å²) >= 11 is 0. The quantitative estimate of drug-likeness (QED) is 0.733. The van der Waals surface area contributed by atoms with Crippen LogP contribution in [0.4, 0.5) is 0 Å². The summed E-state index contributed by atoms with van der Waals surface area (Å²) in [6.07, 6.45) is 2.36. The largest absolute Gasteiger partial charge is 0.483 e. The van der Waals surface area contributed by atoms with Crippen molar-refractivity contribution in [2.45, 2.75) is 26.3 Å². The minimum atomic E-state index is -0.157. The molecule has 0 aliphatic heterocycles. The first-order valence-corrected chi connectivity index (χ1v) is 6.39. The number of para-hydroxylation sites is 1. The Labute approximate surface area is 114 Å². The second kappa shape index (κ2) is 7.59. The highest BCUT2D eigenvalue weighted by Gasteiger charge is 2.10. The van der Waals surface area contributed by atoms with E-state index in [1.54, 1.807) is 6.08 Å². The normalized spacial score (nSPS) is 11.7. The highest BCUT2D eigenvalue weighted by Crippen LogP contribution is 2.24. The van der Waals surface area contributed by atoms with E-state index in [2.05, 4.69) is 11.9 Å². The summed E-state index contributed by atoms with van der Waals surface area (Å²) < 4.78 is 5.63. The molecule has 1 aromatic rings. The molecule has 1 rings (SSSR count). The zero-order valence-corrected chi connectivity index (χ0v) is 11.6. The number of carbonyl (C=O) groups excluding carboxylic acids is 1. The SMILES string of the molecule is C=CCNC(=O)COc1c(C)cccc1CC(C)N. The molecular formula is C15H22N2O2. The van der Waals surface area contributed by atoms with E-state index < -0.39 is 0 Å². The van der Waals surface area contributed by atoms with Crippen LogP contribution in [0.1, 0.15) is 18.1 Å². The van der Waals surface area contributed by atoms with Gasteiger partial charge in [-0.2, -0.15) is 0 Å². The second-order valence-corrected chi connectivity index (χ2v) is 4.63. The van der Waals surface area contributed by atoms with Crippen molar-refractivity contribution in [1.82, 2.24) is 5.32 Å². The third-order valence-electron chi connectivity index (χ3n) is 2.63. The van der Waals surface area contributed by atoms with Crippen LogP contribution in [-0.2, 0) is 11.2 Å². The highest BCUT2D eigenvalue weighted by molar-refractivity contribution is 5.77. The number of carbonyl (C=O) groups is 1. The first-order valence-electron chi connectivity index (χ1n) is 6.39. The van der Waals surface area contributed by atoms with E-state index in [1.165, 1.54) is 0 Å². The number of ether oxygens (including phenoxy) is 1. The second-order valence-electron chi connectivity index (χ2n) is 4.63. The topological polar surface area (TPSA) is 64.3 Å². The minimum absolute atomic E-state index is 0.00461. The van der Waals surface area contributed by atoms with Crippen molar-refractivity contribution < 1.29 is 9.53 Å². The van der Waals surface area contributed by atoms with Crippen molar-refractivity contribution >= 4 is 5.91 Å². The third-order valence-corrected chi connectivity index (χ3v) is 2.63. The Morgan fingerprint density at radius 2 is 2.32 bits per heavy atom. The summed E-state index contributed by atoms with van der Waals surface area (Å²) in [6, 6.07) is 5.96. The van der Waals surface area contributed by atoms with Crippen molar-refractivity contribution in [1.29, 1.82) is 0 Å². The van der Waals surface area contributed by atoms with Gasteiger partial charge in [0, 0.05) is 12.6 Å². The van der Waals surface area contributed by atoms with Gasteiger partial charge in [0.15, 0.2) is 6.61 Å². The Morgan fingerprint density at radius 1 is 1.58 bits per heavy atom. The molecule has 4 nitrogen and oxygen atoms in total.